The summed E-state index contributed by atoms with van der Waals surface area (Å²) in [4.78, 5) is 11.5. The quantitative estimate of drug-likeness (QED) is 0.778. The predicted molar refractivity (Wildman–Crippen MR) is 63.4 cm³/mol. The molecule has 3 nitrogen and oxygen atoms in total. The van der Waals surface area contributed by atoms with Gasteiger partial charge in [-0.2, -0.15) is 11.8 Å². The van der Waals surface area contributed by atoms with E-state index in [9.17, 15) is 14.3 Å². The lowest BCUT2D eigenvalue weighted by Gasteiger charge is -2.07. The van der Waals surface area contributed by atoms with E-state index in [1.165, 1.54) is 12.1 Å². The van der Waals surface area contributed by atoms with E-state index in [-0.39, 0.29) is 11.3 Å². The van der Waals surface area contributed by atoms with Crippen LogP contribution in [0, 0.1) is 5.82 Å². The molecule has 0 heterocycles. The normalized spacial score (nSPS) is 10.1. The number of phenols is 1. The van der Waals surface area contributed by atoms with Gasteiger partial charge in [-0.25, -0.2) is 4.39 Å². The Balaban J connectivity index is 2.59. The van der Waals surface area contributed by atoms with Gasteiger partial charge in [-0.1, -0.05) is 6.07 Å². The highest BCUT2D eigenvalue weighted by Crippen LogP contribution is 2.19. The van der Waals surface area contributed by atoms with Gasteiger partial charge in [0.2, 0.25) is 0 Å². The first kappa shape index (κ1) is 12.8. The summed E-state index contributed by atoms with van der Waals surface area (Å²) < 4.78 is 13.3. The van der Waals surface area contributed by atoms with Gasteiger partial charge in [0, 0.05) is 6.54 Å². The van der Waals surface area contributed by atoms with Crippen LogP contribution in [0.4, 0.5) is 4.39 Å². The van der Waals surface area contributed by atoms with Gasteiger partial charge in [0.05, 0.1) is 0 Å². The molecule has 1 aromatic carbocycles. The average molecular weight is 243 g/mol. The predicted octanol–water partition coefficient (Wildman–Crippen LogP) is 2.01. The molecule has 2 N–H and O–H groups in total. The van der Waals surface area contributed by atoms with Gasteiger partial charge in [0.25, 0.3) is 5.91 Å². The minimum absolute atomic E-state index is 0.286. The summed E-state index contributed by atoms with van der Waals surface area (Å²) in [6, 6.07) is 3.80. The fraction of sp³-hybridized carbons (Fsp3) is 0.364. The van der Waals surface area contributed by atoms with Crippen LogP contribution in [0.2, 0.25) is 0 Å². The lowest BCUT2D eigenvalue weighted by atomic mass is 10.1. The minimum Gasteiger partial charge on any atom is -0.507 e. The Kier molecular flexibility index (Phi) is 5.11. The molecule has 0 spiro atoms. The van der Waals surface area contributed by atoms with Crippen LogP contribution in [-0.4, -0.2) is 29.6 Å². The molecular weight excluding hydrogens is 229 g/mol. The van der Waals surface area contributed by atoms with Gasteiger partial charge < -0.3 is 10.4 Å². The number of carbonyl (C=O) groups is 1. The number of hydrogen-bond donors (Lipinski definition) is 2. The summed E-state index contributed by atoms with van der Waals surface area (Å²) in [6.07, 6.45) is 2.80. The first-order valence-electron chi connectivity index (χ1n) is 4.91. The number of carbonyl (C=O) groups excluding carboxylic acids is 1. The van der Waals surface area contributed by atoms with Crippen LogP contribution in [0.25, 0.3) is 0 Å². The Bertz CT molecular complexity index is 351. The van der Waals surface area contributed by atoms with Crippen molar-refractivity contribution in [3.8, 4) is 5.75 Å². The zero-order valence-corrected chi connectivity index (χ0v) is 9.81. The van der Waals surface area contributed by atoms with Gasteiger partial charge in [-0.3, -0.25) is 4.79 Å². The Morgan fingerprint density at radius 3 is 2.94 bits per heavy atom. The fourth-order valence-corrected chi connectivity index (χ4v) is 1.68. The van der Waals surface area contributed by atoms with Crippen molar-refractivity contribution in [3.05, 3.63) is 29.6 Å². The molecule has 0 aliphatic rings. The first-order valence-corrected chi connectivity index (χ1v) is 6.31. The van der Waals surface area contributed by atoms with E-state index < -0.39 is 11.7 Å². The van der Waals surface area contributed by atoms with Crippen molar-refractivity contribution >= 4 is 17.7 Å². The first-order chi connectivity index (χ1) is 7.66. The molecule has 0 saturated heterocycles. The number of halogens is 1. The Hall–Kier alpha value is -1.23. The summed E-state index contributed by atoms with van der Waals surface area (Å²) in [5, 5.41) is 11.9. The summed E-state index contributed by atoms with van der Waals surface area (Å²) in [6.45, 7) is 0.480. The second kappa shape index (κ2) is 6.37. The van der Waals surface area contributed by atoms with E-state index in [4.69, 9.17) is 0 Å². The molecule has 1 aromatic rings. The third-order valence-corrected chi connectivity index (χ3v) is 2.73. The van der Waals surface area contributed by atoms with Gasteiger partial charge in [-0.15, -0.1) is 0 Å². The summed E-state index contributed by atoms with van der Waals surface area (Å²) >= 11 is 1.68. The van der Waals surface area contributed by atoms with Gasteiger partial charge in [-0.05, 0) is 30.6 Å². The molecular formula is C11H14FNO2S. The SMILES string of the molecule is CSCCCNC(=O)c1c(O)cccc1F. The Labute approximate surface area is 98.1 Å². The van der Waals surface area contributed by atoms with Crippen LogP contribution in [-0.2, 0) is 0 Å². The van der Waals surface area contributed by atoms with E-state index in [0.29, 0.717) is 6.54 Å². The molecule has 0 saturated carbocycles. The third-order valence-electron chi connectivity index (χ3n) is 2.03. The van der Waals surface area contributed by atoms with Crippen LogP contribution < -0.4 is 5.32 Å². The molecule has 5 heteroatoms. The van der Waals surface area contributed by atoms with Crippen LogP contribution >= 0.6 is 11.8 Å². The van der Waals surface area contributed by atoms with Crippen LogP contribution in [0.15, 0.2) is 18.2 Å². The van der Waals surface area contributed by atoms with E-state index >= 15 is 0 Å². The monoisotopic (exact) mass is 243 g/mol. The van der Waals surface area contributed by atoms with E-state index in [1.54, 1.807) is 11.8 Å². The molecule has 0 atom stereocenters. The van der Waals surface area contributed by atoms with Crippen LogP contribution in [0.5, 0.6) is 5.75 Å². The number of rotatable bonds is 5. The van der Waals surface area contributed by atoms with Gasteiger partial charge in [0.15, 0.2) is 0 Å². The van der Waals surface area contributed by atoms with Crippen molar-refractivity contribution in [1.82, 2.24) is 5.32 Å². The number of nitrogens with one attached hydrogen (secondary N) is 1. The highest BCUT2D eigenvalue weighted by atomic mass is 32.2. The van der Waals surface area contributed by atoms with Gasteiger partial charge in [0.1, 0.15) is 17.1 Å². The molecule has 0 unspecified atom stereocenters. The second-order valence-corrected chi connectivity index (χ2v) is 4.22. The maximum atomic E-state index is 13.3. The van der Waals surface area contributed by atoms with E-state index in [1.807, 2.05) is 6.26 Å². The lowest BCUT2D eigenvalue weighted by molar-refractivity contribution is 0.0947. The standard InChI is InChI=1S/C11H14FNO2S/c1-16-7-3-6-13-11(15)10-8(12)4-2-5-9(10)14/h2,4-5,14H,3,6-7H2,1H3,(H,13,15). The molecule has 0 bridgehead atoms. The van der Waals surface area contributed by atoms with Crippen LogP contribution in [0.3, 0.4) is 0 Å². The summed E-state index contributed by atoms with van der Waals surface area (Å²) in [5.74, 6) is -0.676. The number of phenolic OH excluding ortho intramolecular Hbond substituents is 1. The van der Waals surface area contributed by atoms with E-state index in [0.717, 1.165) is 18.2 Å². The largest absolute Gasteiger partial charge is 0.507 e. The molecule has 0 aliphatic carbocycles. The Morgan fingerprint density at radius 2 is 2.31 bits per heavy atom. The van der Waals surface area contributed by atoms with Gasteiger partial charge >= 0.3 is 0 Å². The molecule has 88 valence electrons. The second-order valence-electron chi connectivity index (χ2n) is 3.24. The molecule has 0 radical (unpaired) electrons. The third kappa shape index (κ3) is 3.41. The Morgan fingerprint density at radius 1 is 1.56 bits per heavy atom. The van der Waals surface area contributed by atoms with Crippen molar-refractivity contribution in [1.29, 1.82) is 0 Å². The zero-order valence-electron chi connectivity index (χ0n) is 9.00. The molecule has 0 fully saturated rings. The summed E-state index contributed by atoms with van der Waals surface area (Å²) in [5.41, 5.74) is -0.286. The van der Waals surface area contributed by atoms with Crippen LogP contribution in [0.1, 0.15) is 16.8 Å². The smallest absolute Gasteiger partial charge is 0.258 e. The molecule has 0 aliphatic heterocycles. The molecule has 1 amide bonds. The van der Waals surface area contributed by atoms with Crippen molar-refractivity contribution < 1.29 is 14.3 Å². The maximum Gasteiger partial charge on any atom is 0.258 e. The van der Waals surface area contributed by atoms with Crippen molar-refractivity contribution in [2.24, 2.45) is 0 Å². The highest BCUT2D eigenvalue weighted by Gasteiger charge is 2.15. The molecule has 16 heavy (non-hydrogen) atoms. The number of benzene rings is 1. The number of aromatic hydroxyl groups is 1. The van der Waals surface area contributed by atoms with Crippen molar-refractivity contribution in [2.75, 3.05) is 18.6 Å². The highest BCUT2D eigenvalue weighted by molar-refractivity contribution is 7.98. The number of hydrogen-bond acceptors (Lipinski definition) is 3. The lowest BCUT2D eigenvalue weighted by Crippen LogP contribution is -2.25. The molecule has 1 rings (SSSR count). The average Bonchev–Trinajstić information content (AvgIpc) is 2.24. The zero-order chi connectivity index (χ0) is 12.0. The fourth-order valence-electron chi connectivity index (χ4n) is 1.24. The summed E-state index contributed by atoms with van der Waals surface area (Å²) in [7, 11) is 0. The topological polar surface area (TPSA) is 49.3 Å². The van der Waals surface area contributed by atoms with Crippen molar-refractivity contribution in [2.45, 2.75) is 6.42 Å². The molecule has 0 aromatic heterocycles. The maximum absolute atomic E-state index is 13.3. The van der Waals surface area contributed by atoms with E-state index in [2.05, 4.69) is 5.32 Å². The number of thioether (sulfide) groups is 1. The number of amides is 1. The van der Waals surface area contributed by atoms with Crippen molar-refractivity contribution in [3.63, 3.8) is 0 Å². The minimum atomic E-state index is -0.706.